The zero-order valence-corrected chi connectivity index (χ0v) is 13.3. The molecule has 0 saturated carbocycles. The van der Waals surface area contributed by atoms with Crippen LogP contribution in [0.5, 0.6) is 0 Å². The van der Waals surface area contributed by atoms with Crippen LogP contribution in [0.1, 0.15) is 25.3 Å². The lowest BCUT2D eigenvalue weighted by Gasteiger charge is -2.38. The van der Waals surface area contributed by atoms with Crippen LogP contribution in [-0.4, -0.2) is 31.6 Å². The van der Waals surface area contributed by atoms with Crippen molar-refractivity contribution in [2.24, 2.45) is 5.41 Å². The van der Waals surface area contributed by atoms with E-state index in [1.165, 1.54) is 18.9 Å². The normalized spacial score (nSPS) is 19.6. The summed E-state index contributed by atoms with van der Waals surface area (Å²) in [4.78, 5) is 2.37. The summed E-state index contributed by atoms with van der Waals surface area (Å²) >= 11 is 3.38. The lowest BCUT2D eigenvalue weighted by atomic mass is 9.80. The Morgan fingerprint density at radius 3 is 2.74 bits per heavy atom. The lowest BCUT2D eigenvalue weighted by molar-refractivity contribution is 0.136. The van der Waals surface area contributed by atoms with Crippen molar-refractivity contribution in [3.05, 3.63) is 34.1 Å². The maximum Gasteiger partial charge on any atom is 0.127 e. The number of halogens is 2. The van der Waals surface area contributed by atoms with E-state index in [9.17, 15) is 4.39 Å². The van der Waals surface area contributed by atoms with E-state index >= 15 is 0 Å². The summed E-state index contributed by atoms with van der Waals surface area (Å²) in [5.74, 6) is -0.135. The van der Waals surface area contributed by atoms with E-state index < -0.39 is 0 Å². The second-order valence-electron chi connectivity index (χ2n) is 5.95. The summed E-state index contributed by atoms with van der Waals surface area (Å²) in [5.41, 5.74) is 1.07. The van der Waals surface area contributed by atoms with Gasteiger partial charge in [-0.3, -0.25) is 0 Å². The number of hydrogen-bond acceptors (Lipinski definition) is 2. The molecule has 1 aromatic rings. The summed E-state index contributed by atoms with van der Waals surface area (Å²) in [6.07, 6.45) is 2.41. The highest BCUT2D eigenvalue weighted by Crippen LogP contribution is 2.29. The van der Waals surface area contributed by atoms with Crippen molar-refractivity contribution >= 4 is 15.9 Å². The molecule has 19 heavy (non-hydrogen) atoms. The summed E-state index contributed by atoms with van der Waals surface area (Å²) in [6.45, 7) is 6.18. The highest BCUT2D eigenvalue weighted by Gasteiger charge is 2.28. The Balaban J connectivity index is 1.84. The molecule has 1 fully saturated rings. The first-order valence-corrected chi connectivity index (χ1v) is 7.61. The molecule has 1 saturated heterocycles. The van der Waals surface area contributed by atoms with E-state index in [2.05, 4.69) is 40.1 Å². The van der Waals surface area contributed by atoms with Crippen molar-refractivity contribution in [2.75, 3.05) is 26.7 Å². The van der Waals surface area contributed by atoms with Crippen LogP contribution in [0.4, 0.5) is 4.39 Å². The Morgan fingerprint density at radius 1 is 1.37 bits per heavy atom. The molecular weight excluding hydrogens is 307 g/mol. The summed E-state index contributed by atoms with van der Waals surface area (Å²) in [5, 5.41) is 3.42. The van der Waals surface area contributed by atoms with E-state index in [1.807, 2.05) is 6.07 Å². The van der Waals surface area contributed by atoms with Crippen LogP contribution in [0.2, 0.25) is 0 Å². The largest absolute Gasteiger partial charge is 0.312 e. The molecule has 0 aliphatic carbocycles. The fraction of sp³-hybridized carbons (Fsp3) is 0.600. The number of hydrogen-bond donors (Lipinski definition) is 1. The van der Waals surface area contributed by atoms with Gasteiger partial charge in [-0.2, -0.15) is 0 Å². The molecule has 0 atom stereocenters. The third kappa shape index (κ3) is 4.26. The SMILES string of the molecule is CN1CCC(C)(CNCc2cc(Br)ccc2F)CC1. The first kappa shape index (κ1) is 14.9. The molecule has 4 heteroatoms. The van der Waals surface area contributed by atoms with Crippen LogP contribution in [0.25, 0.3) is 0 Å². The Morgan fingerprint density at radius 2 is 2.05 bits per heavy atom. The molecule has 0 bridgehead atoms. The Kier molecular flexibility index (Phi) is 4.98. The monoisotopic (exact) mass is 328 g/mol. The smallest absolute Gasteiger partial charge is 0.127 e. The summed E-state index contributed by atoms with van der Waals surface area (Å²) in [6, 6.07) is 5.09. The van der Waals surface area contributed by atoms with Gasteiger partial charge in [0.15, 0.2) is 0 Å². The van der Waals surface area contributed by atoms with Crippen molar-refractivity contribution in [2.45, 2.75) is 26.3 Å². The molecule has 0 spiro atoms. The standard InChI is InChI=1S/C15H22BrFN2/c1-15(5-7-19(2)8-6-15)11-18-10-12-9-13(16)3-4-14(12)17/h3-4,9,18H,5-8,10-11H2,1-2H3. The zero-order chi connectivity index (χ0) is 13.9. The van der Waals surface area contributed by atoms with Gasteiger partial charge in [-0.05, 0) is 56.6 Å². The van der Waals surface area contributed by atoms with E-state index in [4.69, 9.17) is 0 Å². The molecule has 1 heterocycles. The van der Waals surface area contributed by atoms with Crippen molar-refractivity contribution in [1.29, 1.82) is 0 Å². The van der Waals surface area contributed by atoms with Gasteiger partial charge >= 0.3 is 0 Å². The molecule has 0 unspecified atom stereocenters. The lowest BCUT2D eigenvalue weighted by Crippen LogP contribution is -2.41. The number of nitrogens with zero attached hydrogens (tertiary/aromatic N) is 1. The van der Waals surface area contributed by atoms with Crippen molar-refractivity contribution in [3.8, 4) is 0 Å². The van der Waals surface area contributed by atoms with Gasteiger partial charge in [0, 0.05) is 23.1 Å². The van der Waals surface area contributed by atoms with E-state index in [1.54, 1.807) is 6.07 Å². The highest BCUT2D eigenvalue weighted by atomic mass is 79.9. The summed E-state index contributed by atoms with van der Waals surface area (Å²) in [7, 11) is 2.17. The maximum absolute atomic E-state index is 13.6. The third-order valence-corrected chi connectivity index (χ3v) is 4.56. The second kappa shape index (κ2) is 6.33. The molecule has 1 aliphatic rings. The molecule has 1 aromatic carbocycles. The molecule has 2 rings (SSSR count). The molecule has 1 N–H and O–H groups in total. The van der Waals surface area contributed by atoms with Crippen LogP contribution >= 0.6 is 15.9 Å². The number of nitrogens with one attached hydrogen (secondary N) is 1. The number of piperidine rings is 1. The quantitative estimate of drug-likeness (QED) is 0.911. The van der Waals surface area contributed by atoms with Gasteiger partial charge in [-0.15, -0.1) is 0 Å². The van der Waals surface area contributed by atoms with Gasteiger partial charge < -0.3 is 10.2 Å². The Bertz CT molecular complexity index is 428. The predicted octanol–water partition coefficient (Wildman–Crippen LogP) is 3.41. The van der Waals surface area contributed by atoms with Gasteiger partial charge in [0.2, 0.25) is 0 Å². The Labute approximate surface area is 123 Å². The van der Waals surface area contributed by atoms with Crippen LogP contribution < -0.4 is 5.32 Å². The summed E-state index contributed by atoms with van der Waals surface area (Å²) < 4.78 is 14.5. The average molecular weight is 329 g/mol. The fourth-order valence-electron chi connectivity index (χ4n) is 2.51. The minimum Gasteiger partial charge on any atom is -0.312 e. The molecule has 0 radical (unpaired) electrons. The minimum atomic E-state index is -0.135. The van der Waals surface area contributed by atoms with Gasteiger partial charge in [0.05, 0.1) is 0 Å². The molecular formula is C15H22BrFN2. The maximum atomic E-state index is 13.6. The molecule has 1 aliphatic heterocycles. The van der Waals surface area contributed by atoms with Gasteiger partial charge in [0.1, 0.15) is 5.82 Å². The van der Waals surface area contributed by atoms with Gasteiger partial charge in [-0.1, -0.05) is 22.9 Å². The van der Waals surface area contributed by atoms with Crippen LogP contribution in [-0.2, 0) is 6.54 Å². The molecule has 2 nitrogen and oxygen atoms in total. The van der Waals surface area contributed by atoms with Gasteiger partial charge in [-0.25, -0.2) is 4.39 Å². The van der Waals surface area contributed by atoms with Gasteiger partial charge in [0.25, 0.3) is 0 Å². The fourth-order valence-corrected chi connectivity index (χ4v) is 2.92. The Hall–Kier alpha value is -0.450. The first-order chi connectivity index (χ1) is 8.98. The number of likely N-dealkylation sites (tertiary alicyclic amines) is 1. The number of benzene rings is 1. The van der Waals surface area contributed by atoms with E-state index in [0.717, 1.165) is 29.7 Å². The first-order valence-electron chi connectivity index (χ1n) is 6.82. The van der Waals surface area contributed by atoms with E-state index in [0.29, 0.717) is 12.0 Å². The second-order valence-corrected chi connectivity index (χ2v) is 6.87. The van der Waals surface area contributed by atoms with Crippen LogP contribution in [0, 0.1) is 11.2 Å². The van der Waals surface area contributed by atoms with E-state index in [-0.39, 0.29) is 5.82 Å². The van der Waals surface area contributed by atoms with Crippen molar-refractivity contribution in [3.63, 3.8) is 0 Å². The highest BCUT2D eigenvalue weighted by molar-refractivity contribution is 9.10. The zero-order valence-electron chi connectivity index (χ0n) is 11.7. The van der Waals surface area contributed by atoms with Crippen LogP contribution in [0.3, 0.4) is 0 Å². The molecule has 106 valence electrons. The third-order valence-electron chi connectivity index (χ3n) is 4.07. The minimum absolute atomic E-state index is 0.135. The molecule has 0 amide bonds. The van der Waals surface area contributed by atoms with Crippen LogP contribution in [0.15, 0.2) is 22.7 Å². The molecule has 0 aromatic heterocycles. The number of rotatable bonds is 4. The topological polar surface area (TPSA) is 15.3 Å². The predicted molar refractivity (Wildman–Crippen MR) is 80.6 cm³/mol. The van der Waals surface area contributed by atoms with Crippen molar-refractivity contribution < 1.29 is 4.39 Å². The van der Waals surface area contributed by atoms with Crippen molar-refractivity contribution in [1.82, 2.24) is 10.2 Å². The average Bonchev–Trinajstić information content (AvgIpc) is 2.38.